The highest BCUT2D eigenvalue weighted by atomic mass is 35.5. The van der Waals surface area contributed by atoms with E-state index >= 15 is 0 Å². The Morgan fingerprint density at radius 2 is 2.27 bits per heavy atom. The summed E-state index contributed by atoms with van der Waals surface area (Å²) in [6.07, 6.45) is 3.56. The first kappa shape index (κ1) is 10.5. The zero-order valence-corrected chi connectivity index (χ0v) is 9.43. The van der Waals surface area contributed by atoms with Crippen molar-refractivity contribution in [2.24, 2.45) is 4.99 Å². The number of aliphatic imine (C=N–C) groups is 1. The molecule has 2 rings (SSSR count). The standard InChI is InChI=1S/C12H15ClN2/c13-11-5-3-4-10(8-11)9-15-12-6-1-2-7-14-12/h3-5,8H,1-2,6-7,9H2,(H,14,15). The molecule has 0 aliphatic carbocycles. The van der Waals surface area contributed by atoms with Crippen LogP contribution in [0.5, 0.6) is 0 Å². The van der Waals surface area contributed by atoms with E-state index in [1.54, 1.807) is 0 Å². The molecule has 0 saturated carbocycles. The number of amidine groups is 1. The molecule has 15 heavy (non-hydrogen) atoms. The summed E-state index contributed by atoms with van der Waals surface area (Å²) in [5.74, 6) is 1.14. The molecule has 1 aliphatic heterocycles. The van der Waals surface area contributed by atoms with Crippen molar-refractivity contribution in [2.45, 2.75) is 25.8 Å². The first-order valence-corrected chi connectivity index (χ1v) is 5.74. The Bertz CT molecular complexity index is 360. The zero-order valence-electron chi connectivity index (χ0n) is 8.67. The average molecular weight is 223 g/mol. The number of benzene rings is 1. The molecule has 1 aromatic carbocycles. The summed E-state index contributed by atoms with van der Waals surface area (Å²) < 4.78 is 0. The van der Waals surface area contributed by atoms with Crippen LogP contribution in [0.4, 0.5) is 0 Å². The Balaban J connectivity index is 1.90. The largest absolute Gasteiger partial charge is 0.370 e. The van der Waals surface area contributed by atoms with Crippen LogP contribution in [0, 0.1) is 0 Å². The van der Waals surface area contributed by atoms with E-state index in [2.05, 4.69) is 16.4 Å². The Morgan fingerprint density at radius 3 is 3.00 bits per heavy atom. The van der Waals surface area contributed by atoms with Crippen LogP contribution in [0.15, 0.2) is 29.3 Å². The predicted molar refractivity (Wildman–Crippen MR) is 64.4 cm³/mol. The second kappa shape index (κ2) is 5.17. The highest BCUT2D eigenvalue weighted by Crippen LogP contribution is 2.11. The number of nitrogens with zero attached hydrogens (tertiary/aromatic N) is 1. The van der Waals surface area contributed by atoms with Crippen LogP contribution in [-0.2, 0) is 6.54 Å². The molecule has 0 saturated heterocycles. The van der Waals surface area contributed by atoms with Crippen LogP contribution in [0.2, 0.25) is 5.02 Å². The molecule has 0 bridgehead atoms. The summed E-state index contributed by atoms with van der Waals surface area (Å²) in [7, 11) is 0. The fourth-order valence-corrected chi connectivity index (χ4v) is 1.91. The second-order valence-electron chi connectivity index (χ2n) is 3.77. The fraction of sp³-hybridized carbons (Fsp3) is 0.417. The molecule has 0 fully saturated rings. The summed E-state index contributed by atoms with van der Waals surface area (Å²) in [5, 5.41) is 4.15. The van der Waals surface area contributed by atoms with Gasteiger partial charge < -0.3 is 5.32 Å². The lowest BCUT2D eigenvalue weighted by Crippen LogP contribution is -2.25. The maximum Gasteiger partial charge on any atom is 0.0965 e. The van der Waals surface area contributed by atoms with Crippen molar-refractivity contribution in [3.8, 4) is 0 Å². The van der Waals surface area contributed by atoms with E-state index in [1.807, 2.05) is 18.2 Å². The van der Waals surface area contributed by atoms with Crippen LogP contribution < -0.4 is 5.32 Å². The van der Waals surface area contributed by atoms with Crippen molar-refractivity contribution in [3.63, 3.8) is 0 Å². The van der Waals surface area contributed by atoms with Gasteiger partial charge in [-0.05, 0) is 30.5 Å². The Kier molecular flexibility index (Phi) is 3.62. The van der Waals surface area contributed by atoms with Crippen LogP contribution in [0.1, 0.15) is 24.8 Å². The smallest absolute Gasteiger partial charge is 0.0965 e. The van der Waals surface area contributed by atoms with Crippen molar-refractivity contribution >= 4 is 17.4 Å². The Labute approximate surface area is 95.4 Å². The lowest BCUT2D eigenvalue weighted by atomic mass is 10.1. The molecule has 3 heteroatoms. The molecule has 1 aliphatic rings. The molecule has 1 aromatic rings. The van der Waals surface area contributed by atoms with Gasteiger partial charge in [-0.1, -0.05) is 23.7 Å². The van der Waals surface area contributed by atoms with Crippen LogP contribution >= 0.6 is 11.6 Å². The van der Waals surface area contributed by atoms with Gasteiger partial charge in [0.2, 0.25) is 0 Å². The van der Waals surface area contributed by atoms with Gasteiger partial charge in [0.05, 0.1) is 5.84 Å². The highest BCUT2D eigenvalue weighted by molar-refractivity contribution is 6.30. The van der Waals surface area contributed by atoms with Gasteiger partial charge in [0, 0.05) is 24.5 Å². The zero-order chi connectivity index (χ0) is 10.5. The molecule has 0 radical (unpaired) electrons. The fourth-order valence-electron chi connectivity index (χ4n) is 1.69. The van der Waals surface area contributed by atoms with Gasteiger partial charge >= 0.3 is 0 Å². The number of hydrogen-bond acceptors (Lipinski definition) is 2. The van der Waals surface area contributed by atoms with Crippen molar-refractivity contribution in [1.82, 2.24) is 5.32 Å². The molecular formula is C12H15ClN2. The molecule has 80 valence electrons. The summed E-state index contributed by atoms with van der Waals surface area (Å²) in [5.41, 5.74) is 1.20. The van der Waals surface area contributed by atoms with E-state index < -0.39 is 0 Å². The number of nitrogens with one attached hydrogen (secondary N) is 1. The van der Waals surface area contributed by atoms with E-state index in [0.29, 0.717) is 0 Å². The average Bonchev–Trinajstić information content (AvgIpc) is 2.28. The summed E-state index contributed by atoms with van der Waals surface area (Å²) in [4.78, 5) is 4.44. The lowest BCUT2D eigenvalue weighted by molar-refractivity contribution is 0.706. The van der Waals surface area contributed by atoms with Gasteiger partial charge in [0.25, 0.3) is 0 Å². The van der Waals surface area contributed by atoms with Crippen LogP contribution in [0.3, 0.4) is 0 Å². The maximum atomic E-state index is 5.91. The quantitative estimate of drug-likeness (QED) is 0.818. The van der Waals surface area contributed by atoms with Crippen molar-refractivity contribution in [2.75, 3.05) is 6.54 Å². The molecule has 1 heterocycles. The molecular weight excluding hydrogens is 208 g/mol. The van der Waals surface area contributed by atoms with Crippen molar-refractivity contribution < 1.29 is 0 Å². The summed E-state index contributed by atoms with van der Waals surface area (Å²) in [6, 6.07) is 7.92. The number of rotatable bonds is 2. The first-order valence-electron chi connectivity index (χ1n) is 5.36. The minimum Gasteiger partial charge on any atom is -0.370 e. The van der Waals surface area contributed by atoms with Gasteiger partial charge in [-0.3, -0.25) is 4.99 Å². The molecule has 0 spiro atoms. The minimum atomic E-state index is 0.792. The van der Waals surface area contributed by atoms with Gasteiger partial charge in [-0.25, -0.2) is 0 Å². The Hall–Kier alpha value is -1.02. The van der Waals surface area contributed by atoms with E-state index in [4.69, 9.17) is 11.6 Å². The maximum absolute atomic E-state index is 5.91. The van der Waals surface area contributed by atoms with E-state index in [0.717, 1.165) is 30.4 Å². The highest BCUT2D eigenvalue weighted by Gasteiger charge is 2.04. The first-order chi connectivity index (χ1) is 7.34. The van der Waals surface area contributed by atoms with Crippen molar-refractivity contribution in [1.29, 1.82) is 0 Å². The van der Waals surface area contributed by atoms with E-state index in [1.165, 1.54) is 18.4 Å². The molecule has 2 nitrogen and oxygen atoms in total. The molecule has 0 aromatic heterocycles. The molecule has 0 atom stereocenters. The van der Waals surface area contributed by atoms with Gasteiger partial charge in [-0.2, -0.15) is 0 Å². The third-order valence-corrected chi connectivity index (χ3v) is 2.75. The SMILES string of the molecule is Clc1cccc(CNC2=NCCCC2)c1. The van der Waals surface area contributed by atoms with E-state index in [-0.39, 0.29) is 0 Å². The lowest BCUT2D eigenvalue weighted by Gasteiger charge is -2.13. The van der Waals surface area contributed by atoms with Gasteiger partial charge in [-0.15, -0.1) is 0 Å². The van der Waals surface area contributed by atoms with Crippen LogP contribution in [0.25, 0.3) is 0 Å². The van der Waals surface area contributed by atoms with Gasteiger partial charge in [0.1, 0.15) is 0 Å². The predicted octanol–water partition coefficient (Wildman–Crippen LogP) is 3.01. The third kappa shape index (κ3) is 3.24. The van der Waals surface area contributed by atoms with Crippen molar-refractivity contribution in [3.05, 3.63) is 34.9 Å². The Morgan fingerprint density at radius 1 is 1.33 bits per heavy atom. The summed E-state index contributed by atoms with van der Waals surface area (Å²) in [6.45, 7) is 1.79. The minimum absolute atomic E-state index is 0.792. The topological polar surface area (TPSA) is 24.4 Å². The summed E-state index contributed by atoms with van der Waals surface area (Å²) >= 11 is 5.91. The molecule has 0 unspecified atom stereocenters. The monoisotopic (exact) mass is 222 g/mol. The second-order valence-corrected chi connectivity index (χ2v) is 4.21. The normalized spacial score (nSPS) is 15.9. The third-order valence-electron chi connectivity index (χ3n) is 2.51. The van der Waals surface area contributed by atoms with Crippen LogP contribution in [-0.4, -0.2) is 12.4 Å². The number of hydrogen-bond donors (Lipinski definition) is 1. The number of halogens is 1. The molecule has 1 N–H and O–H groups in total. The van der Waals surface area contributed by atoms with E-state index in [9.17, 15) is 0 Å². The molecule has 0 amide bonds. The van der Waals surface area contributed by atoms with Gasteiger partial charge in [0.15, 0.2) is 0 Å².